The van der Waals surface area contributed by atoms with Crippen LogP contribution in [0.1, 0.15) is 445 Å². The second-order valence-corrected chi connectivity index (χ2v) is 54.7. The normalized spacial score (nSPS) is 55.0. The molecular weight excluding hydrogens is 1630 g/mol. The molecule has 10 nitrogen and oxygen atoms in total. The van der Waals surface area contributed by atoms with E-state index in [9.17, 15) is 51.1 Å². The molecule has 132 heavy (non-hydrogen) atoms. The highest BCUT2D eigenvalue weighted by Crippen LogP contribution is 2.68. The van der Waals surface area contributed by atoms with E-state index in [-0.39, 0.29) is 34.6 Å². The second-order valence-electron chi connectivity index (χ2n) is 54.7. The zero-order valence-electron chi connectivity index (χ0n) is 88.5. The van der Waals surface area contributed by atoms with Gasteiger partial charge < -0.3 is 51.1 Å². The van der Waals surface area contributed by atoms with Crippen molar-refractivity contribution in [2.45, 2.75) is 479 Å². The van der Waals surface area contributed by atoms with E-state index in [2.05, 4.69) is 41.5 Å². The summed E-state index contributed by atoms with van der Waals surface area (Å²) in [6.45, 7) is 35.0. The highest BCUT2D eigenvalue weighted by atomic mass is 16.3. The van der Waals surface area contributed by atoms with Crippen molar-refractivity contribution >= 4 is 0 Å². The number of aliphatic hydroxyl groups excluding tert-OH is 6. The molecule has 40 saturated carbocycles. The molecule has 0 radical (unpaired) electrons. The molecule has 10 heteroatoms. The van der Waals surface area contributed by atoms with Gasteiger partial charge in [0, 0.05) is 26.4 Å². The maximum atomic E-state index is 10.6. The molecule has 0 saturated heterocycles. The third kappa shape index (κ3) is 21.0. The van der Waals surface area contributed by atoms with E-state index in [1.807, 2.05) is 69.2 Å². The lowest BCUT2D eigenvalue weighted by Crippen LogP contribution is -2.57. The van der Waals surface area contributed by atoms with Crippen LogP contribution in [0.25, 0.3) is 0 Å². The Morgan fingerprint density at radius 1 is 0.182 bits per heavy atom. The van der Waals surface area contributed by atoms with Gasteiger partial charge in [0.05, 0.1) is 34.6 Å². The Hall–Kier alpha value is -0.400. The molecule has 0 aromatic rings. The maximum absolute atomic E-state index is 10.6. The van der Waals surface area contributed by atoms with Crippen LogP contribution in [-0.2, 0) is 0 Å². The lowest BCUT2D eigenvalue weighted by atomic mass is 9.46. The molecule has 0 atom stereocenters. The maximum Gasteiger partial charge on any atom is 0.0701 e. The van der Waals surface area contributed by atoms with Gasteiger partial charge in [-0.1, -0.05) is 96.9 Å². The molecule has 0 aromatic heterocycles. The summed E-state index contributed by atoms with van der Waals surface area (Å²) < 4.78 is 0. The molecule has 40 aliphatic rings. The van der Waals surface area contributed by atoms with Crippen molar-refractivity contribution in [3.63, 3.8) is 0 Å². The van der Waals surface area contributed by atoms with Crippen LogP contribution >= 0.6 is 0 Å². The Kier molecular flexibility index (Phi) is 34.7. The van der Waals surface area contributed by atoms with Crippen molar-refractivity contribution in [1.82, 2.24) is 0 Å². The summed E-state index contributed by atoms with van der Waals surface area (Å²) in [6.07, 6.45) is 71.9. The van der Waals surface area contributed by atoms with Crippen molar-refractivity contribution in [3.8, 4) is 0 Å². The minimum Gasteiger partial charge on any atom is -0.396 e. The van der Waals surface area contributed by atoms with Gasteiger partial charge in [0.25, 0.3) is 0 Å². The summed E-state index contributed by atoms with van der Waals surface area (Å²) in [5, 5.41) is 99.1. The van der Waals surface area contributed by atoms with Gasteiger partial charge in [0.1, 0.15) is 0 Å². The highest BCUT2D eigenvalue weighted by molar-refractivity contribution is 5.13. The van der Waals surface area contributed by atoms with E-state index in [1.165, 1.54) is 321 Å². The fraction of sp³-hybridized carbons (Fsp3) is 1.00. The lowest BCUT2D eigenvalue weighted by Gasteiger charge is -2.59. The first-order valence-electron chi connectivity index (χ1n) is 60.3. The molecule has 40 rings (SSSR count). The van der Waals surface area contributed by atoms with Crippen molar-refractivity contribution < 1.29 is 51.1 Å². The minimum absolute atomic E-state index is 0.0859. The summed E-state index contributed by atoms with van der Waals surface area (Å²) in [5.41, 5.74) is -0.511. The monoisotopic (exact) mass is 1840 g/mol. The standard InChI is InChI=1S/4C12H20O.4C11H18O.2C10H16O.5C2H6/c2*1-12(7-13)10-3-8-2-9(5-10)6-11(12)4-8;2*1-2-12(13)10-4-8-3-9(6-10)7-11(12)5-8;2*1-11(12)9-3-7-2-8(5-9)6-10(11)4-7;2*12-6-11-9-2-7-1-8(4-9)5-10(11)3-7;2*11-10-8-2-6-1-7(4-8)5-9(10)3-6;5*1-2/h4*8-11,13H,2-7H2,1H3;2*7-10,12H,2-6H2,1H3;2*7-12H,1-6H2;2*6-11H,1-5H2;5*1-2H3. The van der Waals surface area contributed by atoms with Gasteiger partial charge in [-0.25, -0.2) is 0 Å². The second kappa shape index (κ2) is 43.9. The first-order chi connectivity index (χ1) is 63.6. The molecule has 40 fully saturated rings. The Morgan fingerprint density at radius 2 is 0.311 bits per heavy atom. The predicted molar refractivity (Wildman–Crippen MR) is 542 cm³/mol. The number of hydrogen-bond acceptors (Lipinski definition) is 10. The summed E-state index contributed by atoms with van der Waals surface area (Å²) in [4.78, 5) is 0. The average molecular weight is 1840 g/mol. The third-order valence-corrected chi connectivity index (χ3v) is 48.1. The molecule has 0 heterocycles. The Bertz CT molecular complexity index is 2910. The van der Waals surface area contributed by atoms with Crippen LogP contribution in [-0.4, -0.2) is 112 Å². The molecule has 0 spiro atoms. The molecule has 0 amide bonds. The van der Waals surface area contributed by atoms with Gasteiger partial charge in [-0.3, -0.25) is 0 Å². The molecule has 40 bridgehead atoms. The highest BCUT2D eigenvalue weighted by Gasteiger charge is 2.62. The van der Waals surface area contributed by atoms with Gasteiger partial charge in [0.2, 0.25) is 0 Å². The van der Waals surface area contributed by atoms with Gasteiger partial charge >= 0.3 is 0 Å². The Balaban J connectivity index is 0.000000106. The fourth-order valence-corrected chi connectivity index (χ4v) is 42.9. The van der Waals surface area contributed by atoms with Gasteiger partial charge in [-0.05, 0) is 607 Å². The van der Waals surface area contributed by atoms with Crippen LogP contribution in [0.2, 0.25) is 0 Å². The number of rotatable bonds is 6. The van der Waals surface area contributed by atoms with Crippen LogP contribution in [0.4, 0.5) is 0 Å². The number of hydrogen-bond donors (Lipinski definition) is 10. The summed E-state index contributed by atoms with van der Waals surface area (Å²) >= 11 is 0. The van der Waals surface area contributed by atoms with E-state index < -0.39 is 0 Å². The average Bonchev–Trinajstić information content (AvgIpc) is 0.738. The lowest BCUT2D eigenvalue weighted by molar-refractivity contribution is -0.173. The van der Waals surface area contributed by atoms with Crippen LogP contribution in [0.3, 0.4) is 0 Å². The molecule has 0 aromatic carbocycles. The van der Waals surface area contributed by atoms with Gasteiger partial charge in [-0.15, -0.1) is 0 Å². The van der Waals surface area contributed by atoms with Crippen molar-refractivity contribution in [2.24, 2.45) is 259 Å². The topological polar surface area (TPSA) is 202 Å². The van der Waals surface area contributed by atoms with E-state index in [4.69, 9.17) is 0 Å². The van der Waals surface area contributed by atoms with Gasteiger partial charge in [0.15, 0.2) is 0 Å². The van der Waals surface area contributed by atoms with E-state index in [0.29, 0.717) is 120 Å². The Morgan fingerprint density at radius 3 is 0.447 bits per heavy atom. The van der Waals surface area contributed by atoms with Crippen molar-refractivity contribution in [1.29, 1.82) is 0 Å². The molecule has 0 unspecified atom stereocenters. The first-order valence-corrected chi connectivity index (χ1v) is 60.3. The van der Waals surface area contributed by atoms with Crippen LogP contribution in [0, 0.1) is 259 Å². The largest absolute Gasteiger partial charge is 0.396 e. The van der Waals surface area contributed by atoms with Crippen molar-refractivity contribution in [2.75, 3.05) is 26.4 Å². The fourth-order valence-electron chi connectivity index (χ4n) is 42.9. The van der Waals surface area contributed by atoms with E-state index in [0.717, 1.165) is 179 Å². The molecule has 0 aliphatic heterocycles. The quantitative estimate of drug-likeness (QED) is 0.122. The van der Waals surface area contributed by atoms with E-state index in [1.54, 1.807) is 0 Å². The minimum atomic E-state index is -0.298. The predicted octanol–water partition coefficient (Wildman–Crippen LogP) is 27.3. The smallest absolute Gasteiger partial charge is 0.0701 e. The number of aliphatic hydroxyl groups is 10. The molecule has 762 valence electrons. The van der Waals surface area contributed by atoms with Crippen LogP contribution in [0.5, 0.6) is 0 Å². The zero-order chi connectivity index (χ0) is 94.0. The molecule has 10 N–H and O–H groups in total. The summed E-state index contributed by atoms with van der Waals surface area (Å²) in [5.74, 6) is 36.6. The molecule has 40 aliphatic carbocycles. The van der Waals surface area contributed by atoms with Crippen LogP contribution < -0.4 is 0 Å². The third-order valence-electron chi connectivity index (χ3n) is 48.1. The first kappa shape index (κ1) is 104. The summed E-state index contributed by atoms with van der Waals surface area (Å²) in [7, 11) is 0. The Labute approximate surface area is 811 Å². The molecular formula is C122H214O10. The van der Waals surface area contributed by atoms with E-state index >= 15 is 0 Å². The zero-order valence-corrected chi connectivity index (χ0v) is 88.5. The summed E-state index contributed by atoms with van der Waals surface area (Å²) in [6, 6.07) is 0. The SMILES string of the molecule is CC.CC.CC.CC.CC.CC1(CO)C2CC3CC(C2)CC1C3.CC1(CO)C2CC3CC(C2)CC1C3.CC1(O)C2CC3CC(C2)CC1C3.CC1(O)C2CC3CC(C2)CC1C3.CCC1(O)C2CC3CC(C2)CC1C3.CCC1(O)C2CC3CC(C2)CC1C3.OC1C2CC3CC(C2)CC1C3.OC1C2CC3CC(C2)CC1C3.OCC1C2CC3CC(C2)CC1C3.OCC1C2CC3CC(C2)CC1C3. The van der Waals surface area contributed by atoms with Gasteiger partial charge in [-0.2, -0.15) is 0 Å². The van der Waals surface area contributed by atoms with Crippen molar-refractivity contribution in [3.05, 3.63) is 0 Å². The van der Waals surface area contributed by atoms with Crippen LogP contribution in [0.15, 0.2) is 0 Å².